The van der Waals surface area contributed by atoms with Crippen LogP contribution in [0, 0.1) is 0 Å². The first kappa shape index (κ1) is 8.53. The molecule has 0 bridgehead atoms. The summed E-state index contributed by atoms with van der Waals surface area (Å²) in [6, 6.07) is 7.97. The first-order valence-corrected chi connectivity index (χ1v) is 4.21. The molecule has 0 unspecified atom stereocenters. The number of fused-ring (bicyclic) bond motifs is 1. The Morgan fingerprint density at radius 1 is 1.23 bits per heavy atom. The van der Waals surface area contributed by atoms with Gasteiger partial charge in [0.15, 0.2) is 0 Å². The van der Waals surface area contributed by atoms with Crippen LogP contribution in [0.15, 0.2) is 24.3 Å². The fraction of sp³-hybridized carbons (Fsp3) is 0.400. The third-order valence-corrected chi connectivity index (χ3v) is 2.33. The Morgan fingerprint density at radius 2 is 1.92 bits per heavy atom. The molecule has 2 rings (SSSR count). The molecule has 1 aromatic carbocycles. The van der Waals surface area contributed by atoms with Gasteiger partial charge in [-0.15, -0.1) is 0 Å². The molecule has 0 aromatic heterocycles. The third-order valence-electron chi connectivity index (χ3n) is 2.33. The summed E-state index contributed by atoms with van der Waals surface area (Å²) in [4.78, 5) is 0. The number of hydrogen-bond donors (Lipinski definition) is 0. The van der Waals surface area contributed by atoms with E-state index >= 15 is 0 Å². The molecule has 1 radical (unpaired) electrons. The Labute approximate surface area is 77.7 Å². The molecule has 0 aliphatic carbocycles. The lowest BCUT2D eigenvalue weighted by Gasteiger charge is -2.23. The summed E-state index contributed by atoms with van der Waals surface area (Å²) in [5.74, 6) is -0.788. The van der Waals surface area contributed by atoms with Crippen LogP contribution in [0.5, 0.6) is 0 Å². The van der Waals surface area contributed by atoms with Gasteiger partial charge in [0.2, 0.25) is 0 Å². The van der Waals surface area contributed by atoms with Crippen molar-refractivity contribution in [2.45, 2.75) is 12.3 Å². The maximum absolute atomic E-state index is 5.24. The van der Waals surface area contributed by atoms with Gasteiger partial charge < -0.3 is 9.47 Å². The third kappa shape index (κ3) is 1.30. The normalized spacial score (nSPS) is 18.0. The molecule has 69 valence electrons. The highest BCUT2D eigenvalue weighted by atomic mass is 16.7. The standard InChI is InChI=1S/C10H12NO2/c1-12-10(13-2)7-8-5-3-4-6-9(8)11-10/h3-6H,7H2,1-2H3. The molecule has 1 aromatic rings. The van der Waals surface area contributed by atoms with Crippen LogP contribution in [0.1, 0.15) is 5.56 Å². The molecular weight excluding hydrogens is 166 g/mol. The highest BCUT2D eigenvalue weighted by Gasteiger charge is 2.38. The Bertz CT molecular complexity index is 281. The van der Waals surface area contributed by atoms with E-state index in [9.17, 15) is 0 Å². The number of para-hydroxylation sites is 1. The molecule has 0 spiro atoms. The van der Waals surface area contributed by atoms with Crippen LogP contribution < -0.4 is 5.32 Å². The van der Waals surface area contributed by atoms with Crippen LogP contribution in [0.2, 0.25) is 0 Å². The van der Waals surface area contributed by atoms with Crippen molar-refractivity contribution < 1.29 is 9.47 Å². The van der Waals surface area contributed by atoms with Gasteiger partial charge in [-0.2, -0.15) is 0 Å². The molecule has 3 heteroatoms. The van der Waals surface area contributed by atoms with E-state index in [2.05, 4.69) is 5.32 Å². The SMILES string of the molecule is COC1(OC)Cc2ccccc2[N]1. The lowest BCUT2D eigenvalue weighted by molar-refractivity contribution is -0.214. The van der Waals surface area contributed by atoms with Crippen LogP contribution in [0.4, 0.5) is 5.69 Å². The molecule has 3 nitrogen and oxygen atoms in total. The van der Waals surface area contributed by atoms with E-state index in [0.29, 0.717) is 6.42 Å². The molecule has 1 aliphatic rings. The van der Waals surface area contributed by atoms with E-state index in [1.54, 1.807) is 14.2 Å². The summed E-state index contributed by atoms with van der Waals surface area (Å²) >= 11 is 0. The van der Waals surface area contributed by atoms with E-state index in [1.165, 1.54) is 5.56 Å². The molecule has 0 amide bonds. The highest BCUT2D eigenvalue weighted by Crippen LogP contribution is 2.33. The molecule has 0 saturated carbocycles. The average Bonchev–Trinajstić information content (AvgIpc) is 2.57. The van der Waals surface area contributed by atoms with Gasteiger partial charge in [0.05, 0.1) is 12.1 Å². The summed E-state index contributed by atoms with van der Waals surface area (Å²) < 4.78 is 10.5. The lowest BCUT2D eigenvalue weighted by Crippen LogP contribution is -2.39. The van der Waals surface area contributed by atoms with Crippen molar-refractivity contribution >= 4 is 5.69 Å². The van der Waals surface area contributed by atoms with E-state index in [0.717, 1.165) is 5.69 Å². The average molecular weight is 178 g/mol. The van der Waals surface area contributed by atoms with Crippen molar-refractivity contribution in [3.05, 3.63) is 29.8 Å². The molecular formula is C10H12NO2. The maximum Gasteiger partial charge on any atom is 0.273 e. The zero-order valence-corrected chi connectivity index (χ0v) is 7.78. The summed E-state index contributed by atoms with van der Waals surface area (Å²) in [5, 5.41) is 4.38. The predicted molar refractivity (Wildman–Crippen MR) is 48.7 cm³/mol. The van der Waals surface area contributed by atoms with Gasteiger partial charge in [0.1, 0.15) is 0 Å². The Morgan fingerprint density at radius 3 is 2.54 bits per heavy atom. The zero-order valence-electron chi connectivity index (χ0n) is 7.78. The van der Waals surface area contributed by atoms with E-state index < -0.39 is 5.91 Å². The Balaban J connectivity index is 2.30. The smallest absolute Gasteiger partial charge is 0.273 e. The topological polar surface area (TPSA) is 32.6 Å². The summed E-state index contributed by atoms with van der Waals surface area (Å²) in [6.07, 6.45) is 0.691. The highest BCUT2D eigenvalue weighted by molar-refractivity contribution is 5.49. The van der Waals surface area contributed by atoms with Crippen LogP contribution in [0.3, 0.4) is 0 Å². The second-order valence-corrected chi connectivity index (χ2v) is 3.04. The van der Waals surface area contributed by atoms with Crippen LogP contribution in [-0.4, -0.2) is 20.1 Å². The predicted octanol–water partition coefficient (Wildman–Crippen LogP) is 1.43. The van der Waals surface area contributed by atoms with Crippen molar-refractivity contribution in [2.24, 2.45) is 0 Å². The quantitative estimate of drug-likeness (QED) is 0.642. The first-order chi connectivity index (χ1) is 6.29. The van der Waals surface area contributed by atoms with Crippen LogP contribution in [0.25, 0.3) is 0 Å². The van der Waals surface area contributed by atoms with Crippen molar-refractivity contribution in [1.29, 1.82) is 0 Å². The molecule has 13 heavy (non-hydrogen) atoms. The number of hydrogen-bond acceptors (Lipinski definition) is 2. The monoisotopic (exact) mass is 178 g/mol. The van der Waals surface area contributed by atoms with Crippen molar-refractivity contribution in [3.8, 4) is 0 Å². The van der Waals surface area contributed by atoms with Crippen molar-refractivity contribution in [2.75, 3.05) is 14.2 Å². The zero-order chi connectivity index (χ0) is 9.31. The first-order valence-electron chi connectivity index (χ1n) is 4.21. The summed E-state index contributed by atoms with van der Waals surface area (Å²) in [6.45, 7) is 0. The molecule has 0 N–H and O–H groups in total. The second kappa shape index (κ2) is 3.01. The van der Waals surface area contributed by atoms with E-state index in [1.807, 2.05) is 24.3 Å². The molecule has 0 atom stereocenters. The fourth-order valence-electron chi connectivity index (χ4n) is 1.55. The molecule has 1 aliphatic heterocycles. The number of benzene rings is 1. The minimum Gasteiger partial charge on any atom is -0.335 e. The Kier molecular flexibility index (Phi) is 1.98. The number of nitrogens with zero attached hydrogens (tertiary/aromatic N) is 1. The summed E-state index contributed by atoms with van der Waals surface area (Å²) in [7, 11) is 3.22. The van der Waals surface area contributed by atoms with Gasteiger partial charge in [0, 0.05) is 14.2 Å². The summed E-state index contributed by atoms with van der Waals surface area (Å²) in [5.41, 5.74) is 2.14. The minimum atomic E-state index is -0.788. The molecule has 0 saturated heterocycles. The minimum absolute atomic E-state index is 0.691. The second-order valence-electron chi connectivity index (χ2n) is 3.04. The van der Waals surface area contributed by atoms with Crippen LogP contribution >= 0.6 is 0 Å². The Hall–Kier alpha value is -1.06. The number of methoxy groups -OCH3 is 2. The van der Waals surface area contributed by atoms with Gasteiger partial charge in [-0.1, -0.05) is 18.2 Å². The van der Waals surface area contributed by atoms with Gasteiger partial charge in [0.25, 0.3) is 5.91 Å². The van der Waals surface area contributed by atoms with E-state index in [-0.39, 0.29) is 0 Å². The molecule has 0 fully saturated rings. The van der Waals surface area contributed by atoms with Gasteiger partial charge in [-0.05, 0) is 11.6 Å². The van der Waals surface area contributed by atoms with Gasteiger partial charge in [-0.3, -0.25) is 0 Å². The lowest BCUT2D eigenvalue weighted by atomic mass is 10.1. The maximum atomic E-state index is 5.24. The van der Waals surface area contributed by atoms with Crippen molar-refractivity contribution in [3.63, 3.8) is 0 Å². The number of ether oxygens (including phenoxy) is 2. The molecule has 1 heterocycles. The van der Waals surface area contributed by atoms with Gasteiger partial charge in [-0.25, -0.2) is 5.32 Å². The largest absolute Gasteiger partial charge is 0.335 e. The van der Waals surface area contributed by atoms with Crippen molar-refractivity contribution in [1.82, 2.24) is 5.32 Å². The van der Waals surface area contributed by atoms with Gasteiger partial charge >= 0.3 is 0 Å². The van der Waals surface area contributed by atoms with E-state index in [4.69, 9.17) is 9.47 Å². The number of rotatable bonds is 2. The van der Waals surface area contributed by atoms with Crippen LogP contribution in [-0.2, 0) is 15.9 Å². The fourth-order valence-corrected chi connectivity index (χ4v) is 1.55.